The zero-order chi connectivity index (χ0) is 13.7. The maximum Gasteiger partial charge on any atom is 0.161 e. The van der Waals surface area contributed by atoms with Crippen molar-refractivity contribution >= 4 is 10.8 Å². The first-order chi connectivity index (χ1) is 9.20. The van der Waals surface area contributed by atoms with E-state index in [4.69, 9.17) is 9.47 Å². The minimum atomic E-state index is -0.709. The molecule has 19 heavy (non-hydrogen) atoms. The normalized spacial score (nSPS) is 16.9. The fourth-order valence-corrected chi connectivity index (χ4v) is 2.61. The Bertz CT molecular complexity index is 450. The Morgan fingerprint density at radius 1 is 1.32 bits per heavy atom. The number of benzene rings is 1. The third-order valence-corrected chi connectivity index (χ3v) is 4.47. The second kappa shape index (κ2) is 6.91. The lowest BCUT2D eigenvalue weighted by Crippen LogP contribution is -2.24. The fraction of sp³-hybridized carbons (Fsp3) is 0.571. The summed E-state index contributed by atoms with van der Waals surface area (Å²) in [4.78, 5) is 0. The van der Waals surface area contributed by atoms with Gasteiger partial charge in [-0.25, -0.2) is 0 Å². The van der Waals surface area contributed by atoms with Crippen molar-refractivity contribution in [1.29, 1.82) is 0 Å². The van der Waals surface area contributed by atoms with Crippen molar-refractivity contribution in [3.05, 3.63) is 23.8 Å². The molecule has 1 aliphatic rings. The third kappa shape index (κ3) is 3.94. The van der Waals surface area contributed by atoms with E-state index in [0.717, 1.165) is 29.4 Å². The van der Waals surface area contributed by atoms with Crippen molar-refractivity contribution in [2.45, 2.75) is 19.9 Å². The number of nitrogens with one attached hydrogen (secondary N) is 1. The first-order valence-corrected chi connectivity index (χ1v) is 8.17. The summed E-state index contributed by atoms with van der Waals surface area (Å²) in [5, 5.41) is 3.38. The van der Waals surface area contributed by atoms with E-state index in [0.29, 0.717) is 19.0 Å². The number of rotatable bonds is 6. The Balaban J connectivity index is 1.91. The van der Waals surface area contributed by atoms with Gasteiger partial charge in [0.05, 0.1) is 0 Å². The minimum Gasteiger partial charge on any atom is -0.486 e. The van der Waals surface area contributed by atoms with Gasteiger partial charge in [-0.3, -0.25) is 4.21 Å². The molecule has 0 amide bonds. The lowest BCUT2D eigenvalue weighted by atomic mass is 10.1. The van der Waals surface area contributed by atoms with E-state index >= 15 is 0 Å². The Morgan fingerprint density at radius 3 is 2.79 bits per heavy atom. The number of fused-ring (bicyclic) bond motifs is 1. The number of hydrogen-bond donors (Lipinski definition) is 1. The Kier molecular flexibility index (Phi) is 5.22. The molecule has 4 nitrogen and oxygen atoms in total. The van der Waals surface area contributed by atoms with Gasteiger partial charge in [-0.15, -0.1) is 0 Å². The molecule has 1 aromatic rings. The van der Waals surface area contributed by atoms with Crippen LogP contribution >= 0.6 is 0 Å². The van der Waals surface area contributed by atoms with Crippen LogP contribution in [0.2, 0.25) is 0 Å². The smallest absolute Gasteiger partial charge is 0.161 e. The molecule has 2 unspecified atom stereocenters. The monoisotopic (exact) mass is 283 g/mol. The van der Waals surface area contributed by atoms with Gasteiger partial charge in [0.2, 0.25) is 0 Å². The maximum absolute atomic E-state index is 11.4. The average Bonchev–Trinajstić information content (AvgIpc) is 2.46. The molecule has 0 aliphatic carbocycles. The summed E-state index contributed by atoms with van der Waals surface area (Å²) in [7, 11) is -0.709. The van der Waals surface area contributed by atoms with Crippen LogP contribution in [0.25, 0.3) is 0 Å². The molecule has 0 spiro atoms. The van der Waals surface area contributed by atoms with Crippen LogP contribution in [-0.4, -0.2) is 35.5 Å². The largest absolute Gasteiger partial charge is 0.486 e. The molecule has 2 rings (SSSR count). The maximum atomic E-state index is 11.4. The highest BCUT2D eigenvalue weighted by Crippen LogP contribution is 2.32. The number of ether oxygens (including phenoxy) is 2. The molecule has 0 radical (unpaired) electrons. The van der Waals surface area contributed by atoms with Crippen molar-refractivity contribution in [2.24, 2.45) is 0 Å². The Labute approximate surface area is 116 Å². The zero-order valence-electron chi connectivity index (χ0n) is 11.5. The van der Waals surface area contributed by atoms with Gasteiger partial charge in [0.25, 0.3) is 0 Å². The van der Waals surface area contributed by atoms with Crippen LogP contribution in [0.4, 0.5) is 0 Å². The van der Waals surface area contributed by atoms with Crippen LogP contribution < -0.4 is 14.8 Å². The predicted octanol–water partition coefficient (Wildman–Crippen LogP) is 1.88. The van der Waals surface area contributed by atoms with Crippen molar-refractivity contribution < 1.29 is 13.7 Å². The molecule has 106 valence electrons. The van der Waals surface area contributed by atoms with Crippen LogP contribution in [0.3, 0.4) is 0 Å². The predicted molar refractivity (Wildman–Crippen MR) is 77.4 cm³/mol. The lowest BCUT2D eigenvalue weighted by molar-refractivity contribution is 0.171. The fourth-order valence-electron chi connectivity index (χ4n) is 1.98. The summed E-state index contributed by atoms with van der Waals surface area (Å²) < 4.78 is 22.4. The molecule has 1 heterocycles. The first-order valence-electron chi connectivity index (χ1n) is 6.68. The van der Waals surface area contributed by atoms with Gasteiger partial charge >= 0.3 is 0 Å². The Hall–Kier alpha value is -1.07. The second-order valence-electron chi connectivity index (χ2n) is 4.51. The highest BCUT2D eigenvalue weighted by molar-refractivity contribution is 7.84. The molecular weight excluding hydrogens is 262 g/mol. The highest BCUT2D eigenvalue weighted by atomic mass is 32.2. The molecule has 1 N–H and O–H groups in total. The molecule has 0 saturated heterocycles. The van der Waals surface area contributed by atoms with E-state index in [2.05, 4.69) is 12.2 Å². The van der Waals surface area contributed by atoms with Crippen molar-refractivity contribution in [1.82, 2.24) is 5.32 Å². The lowest BCUT2D eigenvalue weighted by Gasteiger charge is -2.21. The molecule has 0 saturated carbocycles. The average molecular weight is 283 g/mol. The van der Waals surface area contributed by atoms with Gasteiger partial charge in [0.1, 0.15) is 13.2 Å². The second-order valence-corrected chi connectivity index (χ2v) is 6.38. The molecule has 0 bridgehead atoms. The highest BCUT2D eigenvalue weighted by Gasteiger charge is 2.14. The van der Waals surface area contributed by atoms with Gasteiger partial charge in [0.15, 0.2) is 11.5 Å². The van der Waals surface area contributed by atoms with E-state index in [1.54, 1.807) is 0 Å². The van der Waals surface area contributed by atoms with Crippen LogP contribution in [0.5, 0.6) is 11.5 Å². The summed E-state index contributed by atoms with van der Waals surface area (Å²) in [5.41, 5.74) is 1.16. The van der Waals surface area contributed by atoms with Gasteiger partial charge in [-0.05, 0) is 24.6 Å². The molecule has 0 fully saturated rings. The third-order valence-electron chi connectivity index (χ3n) is 3.17. The van der Waals surface area contributed by atoms with E-state index in [1.165, 1.54) is 0 Å². The quantitative estimate of drug-likeness (QED) is 0.866. The molecule has 0 aromatic heterocycles. The molecule has 5 heteroatoms. The van der Waals surface area contributed by atoms with Crippen molar-refractivity contribution in [3.63, 3.8) is 0 Å². The molecule has 2 atom stereocenters. The van der Waals surface area contributed by atoms with Gasteiger partial charge < -0.3 is 14.8 Å². The van der Waals surface area contributed by atoms with Crippen molar-refractivity contribution in [3.8, 4) is 11.5 Å². The topological polar surface area (TPSA) is 47.6 Å². The zero-order valence-corrected chi connectivity index (χ0v) is 12.3. The van der Waals surface area contributed by atoms with Crippen LogP contribution in [0.15, 0.2) is 18.2 Å². The minimum absolute atomic E-state index is 0.213. The van der Waals surface area contributed by atoms with Crippen molar-refractivity contribution in [2.75, 3.05) is 31.3 Å². The summed E-state index contributed by atoms with van der Waals surface area (Å²) in [5.74, 6) is 3.05. The summed E-state index contributed by atoms with van der Waals surface area (Å²) >= 11 is 0. The summed E-state index contributed by atoms with van der Waals surface area (Å²) in [6, 6.07) is 6.22. The van der Waals surface area contributed by atoms with Gasteiger partial charge in [0, 0.05) is 34.9 Å². The molecular formula is C14H21NO3S. The molecule has 1 aromatic carbocycles. The summed E-state index contributed by atoms with van der Waals surface area (Å²) in [6.45, 7) is 6.02. The summed E-state index contributed by atoms with van der Waals surface area (Å²) in [6.07, 6.45) is 0. The van der Waals surface area contributed by atoms with E-state index in [-0.39, 0.29) is 6.04 Å². The standard InChI is InChI=1S/C14H21NO3S/c1-3-19(16)9-6-15-11(2)12-4-5-13-14(10-12)18-8-7-17-13/h4-5,10-11,15H,3,6-9H2,1-2H3. The van der Waals surface area contributed by atoms with E-state index in [9.17, 15) is 4.21 Å². The van der Waals surface area contributed by atoms with Crippen LogP contribution in [0.1, 0.15) is 25.5 Å². The van der Waals surface area contributed by atoms with E-state index in [1.807, 2.05) is 25.1 Å². The van der Waals surface area contributed by atoms with Gasteiger partial charge in [-0.1, -0.05) is 13.0 Å². The number of hydrogen-bond acceptors (Lipinski definition) is 4. The van der Waals surface area contributed by atoms with Crippen LogP contribution in [0, 0.1) is 0 Å². The van der Waals surface area contributed by atoms with E-state index < -0.39 is 10.8 Å². The van der Waals surface area contributed by atoms with Crippen LogP contribution in [-0.2, 0) is 10.8 Å². The molecule has 1 aliphatic heterocycles. The Morgan fingerprint density at radius 2 is 2.05 bits per heavy atom. The first kappa shape index (κ1) is 14.3. The SMILES string of the molecule is CCS(=O)CCNC(C)c1ccc2c(c1)OCCO2. The van der Waals surface area contributed by atoms with Gasteiger partial charge in [-0.2, -0.15) is 0 Å².